The lowest BCUT2D eigenvalue weighted by Crippen LogP contribution is -2.13. The third-order valence-electron chi connectivity index (χ3n) is 4.91. The van der Waals surface area contributed by atoms with Crippen molar-refractivity contribution in [2.24, 2.45) is 7.05 Å². The molecular weight excluding hydrogens is 398 g/mol. The number of benzene rings is 2. The van der Waals surface area contributed by atoms with Crippen LogP contribution in [0.4, 0.5) is 0 Å². The molecule has 0 fully saturated rings. The second-order valence-corrected chi connectivity index (χ2v) is 8.55. The van der Waals surface area contributed by atoms with Crippen molar-refractivity contribution in [1.82, 2.24) is 24.7 Å². The number of hydrogen-bond donors (Lipinski definition) is 1. The second kappa shape index (κ2) is 8.31. The fourth-order valence-electron chi connectivity index (χ4n) is 3.19. The highest BCUT2D eigenvalue weighted by Crippen LogP contribution is 2.32. The van der Waals surface area contributed by atoms with Gasteiger partial charge in [0.25, 0.3) is 5.56 Å². The van der Waals surface area contributed by atoms with Crippen LogP contribution in [0.1, 0.15) is 34.9 Å². The van der Waals surface area contributed by atoms with E-state index in [0.717, 1.165) is 22.3 Å². The first kappa shape index (κ1) is 20.2. The van der Waals surface area contributed by atoms with Gasteiger partial charge in [-0.3, -0.25) is 4.79 Å². The van der Waals surface area contributed by atoms with E-state index >= 15 is 0 Å². The minimum absolute atomic E-state index is 0.0988. The van der Waals surface area contributed by atoms with Crippen LogP contribution in [0.25, 0.3) is 10.9 Å². The molecule has 0 aliphatic rings. The lowest BCUT2D eigenvalue weighted by atomic mass is 10.1. The predicted octanol–water partition coefficient (Wildman–Crippen LogP) is 4.10. The molecule has 1 unspecified atom stereocenters. The summed E-state index contributed by atoms with van der Waals surface area (Å²) in [4.78, 5) is 19.8. The van der Waals surface area contributed by atoms with Gasteiger partial charge >= 0.3 is 0 Å². The Morgan fingerprint density at radius 3 is 2.77 bits per heavy atom. The average molecular weight is 422 g/mol. The average Bonchev–Trinajstić information content (AvgIpc) is 3.07. The van der Waals surface area contributed by atoms with Crippen molar-refractivity contribution in [1.29, 1.82) is 0 Å². The van der Waals surface area contributed by atoms with Gasteiger partial charge in [0.1, 0.15) is 18.2 Å². The zero-order chi connectivity index (χ0) is 21.3. The van der Waals surface area contributed by atoms with Gasteiger partial charge in [0.15, 0.2) is 11.0 Å². The minimum atomic E-state index is -0.136. The molecular formula is C22H23N5O2S. The number of para-hydroxylation sites is 1. The molecule has 0 aliphatic carbocycles. The number of nitrogens with one attached hydrogen (secondary N) is 1. The highest BCUT2D eigenvalue weighted by molar-refractivity contribution is 7.99. The number of aromatic nitrogens is 5. The molecule has 1 N–H and O–H groups in total. The number of nitrogens with zero attached hydrogens (tertiary/aromatic N) is 4. The quantitative estimate of drug-likeness (QED) is 0.472. The van der Waals surface area contributed by atoms with Crippen molar-refractivity contribution in [3.05, 3.63) is 75.6 Å². The first-order chi connectivity index (χ1) is 14.4. The number of aromatic amines is 1. The van der Waals surface area contributed by atoms with Gasteiger partial charge in [-0.25, -0.2) is 4.98 Å². The Labute approximate surface area is 178 Å². The maximum absolute atomic E-state index is 12.3. The van der Waals surface area contributed by atoms with Crippen LogP contribution in [0, 0.1) is 13.8 Å². The summed E-state index contributed by atoms with van der Waals surface area (Å²) in [6, 6.07) is 13.4. The van der Waals surface area contributed by atoms with Gasteiger partial charge in [0, 0.05) is 7.05 Å². The highest BCUT2D eigenvalue weighted by Gasteiger charge is 2.17. The van der Waals surface area contributed by atoms with Crippen molar-refractivity contribution >= 4 is 22.7 Å². The van der Waals surface area contributed by atoms with Crippen LogP contribution >= 0.6 is 11.8 Å². The number of H-pyrrole nitrogens is 1. The summed E-state index contributed by atoms with van der Waals surface area (Å²) in [7, 11) is 1.91. The Hall–Kier alpha value is -3.13. The molecule has 0 bridgehead atoms. The van der Waals surface area contributed by atoms with E-state index in [4.69, 9.17) is 4.74 Å². The summed E-state index contributed by atoms with van der Waals surface area (Å²) in [5.41, 5.74) is 2.84. The Balaban J connectivity index is 1.49. The smallest absolute Gasteiger partial charge is 0.258 e. The summed E-state index contributed by atoms with van der Waals surface area (Å²) in [6.45, 7) is 6.40. The molecule has 2 aromatic carbocycles. The zero-order valence-electron chi connectivity index (χ0n) is 17.3. The number of fused-ring (bicyclic) bond motifs is 1. The van der Waals surface area contributed by atoms with Gasteiger partial charge in [-0.15, -0.1) is 10.2 Å². The standard InChI is InChI=1S/C22H23N5O2S/c1-13-9-10-18(14(2)11-13)29-12-19-25-26-22(27(19)4)30-15(3)20-23-17-8-6-5-7-16(17)21(28)24-20/h5-11,15H,12H2,1-4H3,(H,23,24,28). The second-order valence-electron chi connectivity index (χ2n) is 7.24. The first-order valence-corrected chi connectivity index (χ1v) is 10.5. The van der Waals surface area contributed by atoms with Gasteiger partial charge in [-0.05, 0) is 44.5 Å². The molecule has 0 aliphatic heterocycles. The van der Waals surface area contributed by atoms with Crippen LogP contribution in [0.2, 0.25) is 0 Å². The molecule has 1 atom stereocenters. The molecule has 0 saturated heterocycles. The van der Waals surface area contributed by atoms with Crippen molar-refractivity contribution < 1.29 is 4.74 Å². The molecule has 8 heteroatoms. The van der Waals surface area contributed by atoms with Crippen molar-refractivity contribution in [2.75, 3.05) is 0 Å². The maximum Gasteiger partial charge on any atom is 0.258 e. The van der Waals surface area contributed by atoms with Crippen LogP contribution < -0.4 is 10.3 Å². The van der Waals surface area contributed by atoms with Crippen LogP contribution in [-0.4, -0.2) is 24.7 Å². The normalized spacial score (nSPS) is 12.3. The summed E-state index contributed by atoms with van der Waals surface area (Å²) >= 11 is 1.49. The Morgan fingerprint density at radius 2 is 1.97 bits per heavy atom. The SMILES string of the molecule is Cc1ccc(OCc2nnc(SC(C)c3nc4ccccc4c(=O)[nH]3)n2C)c(C)c1. The molecule has 0 radical (unpaired) electrons. The molecule has 0 saturated carbocycles. The van der Waals surface area contributed by atoms with Gasteiger partial charge in [-0.1, -0.05) is 41.6 Å². The fourth-order valence-corrected chi connectivity index (χ4v) is 4.08. The van der Waals surface area contributed by atoms with Crippen molar-refractivity contribution in [3.63, 3.8) is 0 Å². The summed E-state index contributed by atoms with van der Waals surface area (Å²) in [6.07, 6.45) is 0. The van der Waals surface area contributed by atoms with E-state index in [0.29, 0.717) is 23.3 Å². The Bertz CT molecular complexity index is 1260. The van der Waals surface area contributed by atoms with E-state index in [9.17, 15) is 4.79 Å². The topological polar surface area (TPSA) is 85.7 Å². The third kappa shape index (κ3) is 4.09. The van der Waals surface area contributed by atoms with E-state index in [1.165, 1.54) is 17.3 Å². The van der Waals surface area contributed by atoms with E-state index in [1.807, 2.05) is 55.8 Å². The van der Waals surface area contributed by atoms with E-state index in [-0.39, 0.29) is 10.8 Å². The molecule has 0 spiro atoms. The Kier molecular flexibility index (Phi) is 5.59. The molecule has 2 heterocycles. The lowest BCUT2D eigenvalue weighted by Gasteiger charge is -2.12. The van der Waals surface area contributed by atoms with Gasteiger partial charge in [0.2, 0.25) is 0 Å². The molecule has 4 rings (SSSR count). The summed E-state index contributed by atoms with van der Waals surface area (Å²) in [5.74, 6) is 2.17. The van der Waals surface area contributed by atoms with Crippen LogP contribution in [0.15, 0.2) is 52.4 Å². The van der Waals surface area contributed by atoms with Gasteiger partial charge in [-0.2, -0.15) is 0 Å². The lowest BCUT2D eigenvalue weighted by molar-refractivity contribution is 0.288. The maximum atomic E-state index is 12.3. The summed E-state index contributed by atoms with van der Waals surface area (Å²) in [5, 5.41) is 9.78. The number of thioether (sulfide) groups is 1. The molecule has 0 amide bonds. The third-order valence-corrected chi connectivity index (χ3v) is 6.05. The molecule has 30 heavy (non-hydrogen) atoms. The number of hydrogen-bond acceptors (Lipinski definition) is 6. The van der Waals surface area contributed by atoms with Crippen LogP contribution in [0.5, 0.6) is 5.75 Å². The molecule has 4 aromatic rings. The monoisotopic (exact) mass is 421 g/mol. The van der Waals surface area contributed by atoms with E-state index in [2.05, 4.69) is 33.2 Å². The fraction of sp³-hybridized carbons (Fsp3) is 0.273. The minimum Gasteiger partial charge on any atom is -0.485 e. The van der Waals surface area contributed by atoms with Crippen LogP contribution in [-0.2, 0) is 13.7 Å². The van der Waals surface area contributed by atoms with Crippen molar-refractivity contribution in [3.8, 4) is 5.75 Å². The highest BCUT2D eigenvalue weighted by atomic mass is 32.2. The van der Waals surface area contributed by atoms with Crippen LogP contribution in [0.3, 0.4) is 0 Å². The number of ether oxygens (including phenoxy) is 1. The number of rotatable bonds is 6. The van der Waals surface area contributed by atoms with Gasteiger partial charge in [0.05, 0.1) is 16.2 Å². The number of aryl methyl sites for hydroxylation is 2. The molecule has 2 aromatic heterocycles. The van der Waals surface area contributed by atoms with E-state index in [1.54, 1.807) is 6.07 Å². The van der Waals surface area contributed by atoms with E-state index < -0.39 is 0 Å². The largest absolute Gasteiger partial charge is 0.485 e. The first-order valence-electron chi connectivity index (χ1n) is 9.66. The van der Waals surface area contributed by atoms with Gasteiger partial charge < -0.3 is 14.3 Å². The van der Waals surface area contributed by atoms with Crippen molar-refractivity contribution in [2.45, 2.75) is 37.8 Å². The Morgan fingerprint density at radius 1 is 1.17 bits per heavy atom. The zero-order valence-corrected chi connectivity index (χ0v) is 18.2. The molecule has 7 nitrogen and oxygen atoms in total. The summed E-state index contributed by atoms with van der Waals surface area (Å²) < 4.78 is 7.84. The molecule has 154 valence electrons. The predicted molar refractivity (Wildman–Crippen MR) is 118 cm³/mol.